The molecule has 3 aromatic rings. The third-order valence-electron chi connectivity index (χ3n) is 7.29. The fraction of sp³-hybridized carbons (Fsp3) is 0.556. The fourth-order valence-corrected chi connectivity index (χ4v) is 6.14. The second-order valence-electron chi connectivity index (χ2n) is 11.3. The fourth-order valence-electron chi connectivity index (χ4n) is 5.34. The van der Waals surface area contributed by atoms with Crippen molar-refractivity contribution >= 4 is 10.0 Å². The molecule has 0 aliphatic heterocycles. The summed E-state index contributed by atoms with van der Waals surface area (Å²) in [5, 5.41) is 14.2. The summed E-state index contributed by atoms with van der Waals surface area (Å²) in [6, 6.07) is 8.35. The molecule has 1 aromatic carbocycles. The largest absolute Gasteiger partial charge is 0.343 e. The Bertz CT molecular complexity index is 1310. The lowest BCUT2D eigenvalue weighted by atomic mass is 9.82. The Hall–Kier alpha value is -2.45. The number of nitrogens with two attached hydrogens (primary N) is 1. The van der Waals surface area contributed by atoms with E-state index >= 15 is 0 Å². The Morgan fingerprint density at radius 2 is 1.80 bits per heavy atom. The van der Waals surface area contributed by atoms with Crippen molar-refractivity contribution < 1.29 is 8.42 Å². The lowest BCUT2D eigenvalue weighted by Gasteiger charge is -2.26. The van der Waals surface area contributed by atoms with Crippen molar-refractivity contribution in [2.75, 3.05) is 0 Å². The number of nitrogens with zero attached hydrogens (tertiary/aromatic N) is 4. The summed E-state index contributed by atoms with van der Waals surface area (Å²) in [4.78, 5) is 0.212. The monoisotopic (exact) mass is 497 g/mol. The molecule has 1 aliphatic rings. The molecule has 190 valence electrons. The SMILES string of the molecule is Cc1c(S(N)(=O)=O)cc(-c2ccc(-c3nncn3C(C)C)c(C(C)(C)C)c2)n1CC1CCCCC1. The molecule has 2 heterocycles. The third kappa shape index (κ3) is 5.23. The Morgan fingerprint density at radius 3 is 2.40 bits per heavy atom. The highest BCUT2D eigenvalue weighted by atomic mass is 32.2. The maximum Gasteiger partial charge on any atom is 0.239 e. The van der Waals surface area contributed by atoms with E-state index in [0.29, 0.717) is 11.6 Å². The van der Waals surface area contributed by atoms with Gasteiger partial charge in [-0.2, -0.15) is 0 Å². The van der Waals surface area contributed by atoms with Crippen molar-refractivity contribution in [3.05, 3.63) is 41.9 Å². The van der Waals surface area contributed by atoms with E-state index < -0.39 is 10.0 Å². The summed E-state index contributed by atoms with van der Waals surface area (Å²) in [6.07, 6.45) is 7.90. The molecule has 0 unspecified atom stereocenters. The van der Waals surface area contributed by atoms with Crippen LogP contribution in [0.25, 0.3) is 22.6 Å². The zero-order chi connectivity index (χ0) is 25.5. The zero-order valence-corrected chi connectivity index (χ0v) is 22.7. The van der Waals surface area contributed by atoms with Crippen LogP contribution in [0, 0.1) is 12.8 Å². The van der Waals surface area contributed by atoms with Gasteiger partial charge in [0.15, 0.2) is 5.82 Å². The summed E-state index contributed by atoms with van der Waals surface area (Å²) >= 11 is 0. The van der Waals surface area contributed by atoms with E-state index in [1.165, 1.54) is 32.1 Å². The van der Waals surface area contributed by atoms with Gasteiger partial charge in [-0.3, -0.25) is 0 Å². The van der Waals surface area contributed by atoms with E-state index in [0.717, 1.165) is 34.8 Å². The van der Waals surface area contributed by atoms with Crippen molar-refractivity contribution in [3.8, 4) is 22.6 Å². The molecule has 2 aromatic heterocycles. The van der Waals surface area contributed by atoms with Crippen LogP contribution in [0.2, 0.25) is 0 Å². The Kier molecular flexibility index (Phi) is 6.99. The predicted molar refractivity (Wildman–Crippen MR) is 141 cm³/mol. The van der Waals surface area contributed by atoms with Crippen LogP contribution in [0.4, 0.5) is 0 Å². The molecule has 0 atom stereocenters. The number of sulfonamides is 1. The van der Waals surface area contributed by atoms with Gasteiger partial charge in [-0.15, -0.1) is 10.2 Å². The molecule has 35 heavy (non-hydrogen) atoms. The molecule has 0 bridgehead atoms. The first-order valence-corrected chi connectivity index (χ1v) is 14.2. The number of rotatable bonds is 6. The van der Waals surface area contributed by atoms with E-state index in [-0.39, 0.29) is 16.4 Å². The quantitative estimate of drug-likeness (QED) is 0.463. The molecule has 1 saturated carbocycles. The molecule has 0 radical (unpaired) electrons. The van der Waals surface area contributed by atoms with Crippen LogP contribution in [0.5, 0.6) is 0 Å². The summed E-state index contributed by atoms with van der Waals surface area (Å²) in [5.74, 6) is 1.39. The van der Waals surface area contributed by atoms with Gasteiger partial charge in [-0.25, -0.2) is 13.6 Å². The summed E-state index contributed by atoms with van der Waals surface area (Å²) < 4.78 is 29.1. The number of hydrogen-bond acceptors (Lipinski definition) is 4. The summed E-state index contributed by atoms with van der Waals surface area (Å²) in [7, 11) is -3.82. The molecule has 7 nitrogen and oxygen atoms in total. The highest BCUT2D eigenvalue weighted by Gasteiger charge is 2.27. The van der Waals surface area contributed by atoms with Gasteiger partial charge in [0, 0.05) is 29.5 Å². The highest BCUT2D eigenvalue weighted by molar-refractivity contribution is 7.89. The van der Waals surface area contributed by atoms with Gasteiger partial charge < -0.3 is 9.13 Å². The first kappa shape index (κ1) is 25.6. The lowest BCUT2D eigenvalue weighted by molar-refractivity contribution is 0.318. The number of aromatic nitrogens is 4. The minimum atomic E-state index is -3.82. The maximum atomic E-state index is 12.4. The van der Waals surface area contributed by atoms with Gasteiger partial charge in [-0.1, -0.05) is 52.2 Å². The Balaban J connectivity index is 1.88. The molecule has 0 spiro atoms. The van der Waals surface area contributed by atoms with Crippen LogP contribution in [-0.2, 0) is 22.0 Å². The first-order chi connectivity index (χ1) is 16.4. The summed E-state index contributed by atoms with van der Waals surface area (Å²) in [5.41, 5.74) is 4.64. The lowest BCUT2D eigenvalue weighted by Crippen LogP contribution is -2.18. The molecular formula is C27H39N5O2S. The molecule has 0 saturated heterocycles. The van der Waals surface area contributed by atoms with Gasteiger partial charge >= 0.3 is 0 Å². The number of benzene rings is 1. The zero-order valence-electron chi connectivity index (χ0n) is 21.9. The molecule has 2 N–H and O–H groups in total. The smallest absolute Gasteiger partial charge is 0.239 e. The van der Waals surface area contributed by atoms with E-state index in [1.54, 1.807) is 12.4 Å². The van der Waals surface area contributed by atoms with Crippen LogP contribution < -0.4 is 5.14 Å². The van der Waals surface area contributed by atoms with Gasteiger partial charge in [0.2, 0.25) is 10.0 Å². The molecular weight excluding hydrogens is 458 g/mol. The average molecular weight is 498 g/mol. The van der Waals surface area contributed by atoms with Crippen LogP contribution in [-0.4, -0.2) is 27.7 Å². The Morgan fingerprint density at radius 1 is 1.11 bits per heavy atom. The van der Waals surface area contributed by atoms with Crippen molar-refractivity contribution in [2.45, 2.75) is 96.5 Å². The minimum Gasteiger partial charge on any atom is -0.343 e. The third-order valence-corrected chi connectivity index (χ3v) is 8.31. The summed E-state index contributed by atoms with van der Waals surface area (Å²) in [6.45, 7) is 13.5. The van der Waals surface area contributed by atoms with Gasteiger partial charge in [0.1, 0.15) is 11.2 Å². The van der Waals surface area contributed by atoms with Gasteiger partial charge in [0.05, 0.1) is 0 Å². The normalized spacial score (nSPS) is 15.8. The highest BCUT2D eigenvalue weighted by Crippen LogP contribution is 2.38. The molecule has 8 heteroatoms. The average Bonchev–Trinajstić information content (AvgIpc) is 3.39. The minimum absolute atomic E-state index is 0.155. The second kappa shape index (κ2) is 9.54. The molecule has 1 aliphatic carbocycles. The van der Waals surface area contributed by atoms with Crippen molar-refractivity contribution in [3.63, 3.8) is 0 Å². The van der Waals surface area contributed by atoms with Crippen LogP contribution in [0.15, 0.2) is 35.5 Å². The van der Waals surface area contributed by atoms with E-state index in [9.17, 15) is 8.42 Å². The van der Waals surface area contributed by atoms with Crippen LogP contribution in [0.1, 0.15) is 84.0 Å². The van der Waals surface area contributed by atoms with Gasteiger partial charge in [0.25, 0.3) is 0 Å². The van der Waals surface area contributed by atoms with E-state index in [1.807, 2.05) is 6.92 Å². The molecule has 4 rings (SSSR count). The number of hydrogen-bond donors (Lipinski definition) is 1. The van der Waals surface area contributed by atoms with Crippen molar-refractivity contribution in [1.29, 1.82) is 0 Å². The van der Waals surface area contributed by atoms with Crippen LogP contribution in [0.3, 0.4) is 0 Å². The van der Waals surface area contributed by atoms with Crippen molar-refractivity contribution in [1.82, 2.24) is 19.3 Å². The van der Waals surface area contributed by atoms with E-state index in [4.69, 9.17) is 5.14 Å². The standard InChI is InChI=1S/C27H39N5O2S/c1-18(2)32-17-29-30-26(32)22-13-12-21(14-23(22)27(4,5)6)24-15-25(35(28,33)34)19(3)31(24)16-20-10-8-7-9-11-20/h12-15,17-18,20H,7-11,16H2,1-6H3,(H2,28,33,34). The maximum absolute atomic E-state index is 12.4. The van der Waals surface area contributed by atoms with Crippen LogP contribution >= 0.6 is 0 Å². The van der Waals surface area contributed by atoms with Crippen molar-refractivity contribution in [2.24, 2.45) is 11.1 Å². The predicted octanol–water partition coefficient (Wildman–Crippen LogP) is 5.83. The Labute approximate surface area is 209 Å². The molecule has 0 amide bonds. The number of primary sulfonamides is 1. The molecule has 1 fully saturated rings. The first-order valence-electron chi connectivity index (χ1n) is 12.7. The topological polar surface area (TPSA) is 95.8 Å². The van der Waals surface area contributed by atoms with Gasteiger partial charge in [-0.05, 0) is 68.2 Å². The second-order valence-corrected chi connectivity index (χ2v) is 12.8. The van der Waals surface area contributed by atoms with E-state index in [2.05, 4.69) is 72.1 Å².